The maximum absolute atomic E-state index is 12.3. The summed E-state index contributed by atoms with van der Waals surface area (Å²) in [6.07, 6.45) is 3.09. The van der Waals surface area contributed by atoms with Crippen molar-refractivity contribution in [2.24, 2.45) is 0 Å². The average Bonchev–Trinajstić information content (AvgIpc) is 2.86. The van der Waals surface area contributed by atoms with Crippen LogP contribution in [0.4, 0.5) is 5.69 Å². The summed E-state index contributed by atoms with van der Waals surface area (Å²) in [6.45, 7) is 0. The second-order valence-electron chi connectivity index (χ2n) is 6.93. The molecular weight excluding hydrogens is 416 g/mol. The molecule has 3 rings (SSSR count). The van der Waals surface area contributed by atoms with Crippen molar-refractivity contribution in [1.82, 2.24) is 5.32 Å². The molecule has 0 aliphatic carbocycles. The molecule has 0 aliphatic rings. The topological polar surface area (TPSA) is 84.5 Å². The Morgan fingerprint density at radius 3 is 2.18 bits per heavy atom. The minimum absolute atomic E-state index is 0.164. The van der Waals surface area contributed by atoms with E-state index >= 15 is 0 Å². The van der Waals surface area contributed by atoms with E-state index in [0.29, 0.717) is 27.9 Å². The van der Waals surface area contributed by atoms with Gasteiger partial charge in [-0.25, -0.2) is 4.79 Å². The van der Waals surface area contributed by atoms with Crippen LogP contribution in [0.25, 0.3) is 6.08 Å². The first-order valence-electron chi connectivity index (χ1n) is 10.1. The van der Waals surface area contributed by atoms with Gasteiger partial charge in [0, 0.05) is 35.5 Å². The smallest absolute Gasteiger partial charge is 0.337 e. The van der Waals surface area contributed by atoms with E-state index in [1.807, 2.05) is 6.07 Å². The molecule has 0 radical (unpaired) electrons. The number of esters is 1. The SMILES string of the molecule is CNC(=O)c1ccc(/C=C/C(=O)Nc2cccc(C#Cc3cccc(C(=O)OC)c3)c2)cc1. The fourth-order valence-corrected chi connectivity index (χ4v) is 2.91. The molecule has 0 bridgehead atoms. The van der Waals surface area contributed by atoms with E-state index in [4.69, 9.17) is 4.74 Å². The lowest BCUT2D eigenvalue weighted by Crippen LogP contribution is -2.17. The van der Waals surface area contributed by atoms with Gasteiger partial charge in [-0.05, 0) is 60.2 Å². The first-order valence-corrected chi connectivity index (χ1v) is 10.1. The van der Waals surface area contributed by atoms with E-state index in [0.717, 1.165) is 5.56 Å². The van der Waals surface area contributed by atoms with Gasteiger partial charge in [0.1, 0.15) is 0 Å². The lowest BCUT2D eigenvalue weighted by atomic mass is 10.1. The van der Waals surface area contributed by atoms with Crippen LogP contribution >= 0.6 is 0 Å². The molecule has 164 valence electrons. The lowest BCUT2D eigenvalue weighted by Gasteiger charge is -2.03. The zero-order valence-corrected chi connectivity index (χ0v) is 18.2. The second-order valence-corrected chi connectivity index (χ2v) is 6.93. The third-order valence-corrected chi connectivity index (χ3v) is 4.59. The van der Waals surface area contributed by atoms with Gasteiger partial charge < -0.3 is 15.4 Å². The number of anilines is 1. The molecule has 2 amide bonds. The monoisotopic (exact) mass is 438 g/mol. The molecule has 0 heterocycles. The number of hydrogen-bond donors (Lipinski definition) is 2. The minimum Gasteiger partial charge on any atom is -0.465 e. The molecule has 2 N–H and O–H groups in total. The van der Waals surface area contributed by atoms with Crippen molar-refractivity contribution < 1.29 is 19.1 Å². The highest BCUT2D eigenvalue weighted by Crippen LogP contribution is 2.12. The van der Waals surface area contributed by atoms with Gasteiger partial charge in [0.2, 0.25) is 5.91 Å². The van der Waals surface area contributed by atoms with Gasteiger partial charge in [0.25, 0.3) is 5.91 Å². The van der Waals surface area contributed by atoms with Gasteiger partial charge in [-0.15, -0.1) is 0 Å². The number of ether oxygens (including phenoxy) is 1. The number of hydrogen-bond acceptors (Lipinski definition) is 4. The van der Waals surface area contributed by atoms with Crippen LogP contribution < -0.4 is 10.6 Å². The largest absolute Gasteiger partial charge is 0.465 e. The number of nitrogens with one attached hydrogen (secondary N) is 2. The van der Waals surface area contributed by atoms with Gasteiger partial charge in [0.05, 0.1) is 12.7 Å². The third-order valence-electron chi connectivity index (χ3n) is 4.59. The quantitative estimate of drug-likeness (QED) is 0.360. The zero-order valence-electron chi connectivity index (χ0n) is 18.2. The Morgan fingerprint density at radius 2 is 1.52 bits per heavy atom. The summed E-state index contributed by atoms with van der Waals surface area (Å²) < 4.78 is 4.73. The molecule has 0 saturated carbocycles. The number of carbonyl (C=O) groups is 3. The van der Waals surface area contributed by atoms with E-state index in [-0.39, 0.29) is 11.8 Å². The van der Waals surface area contributed by atoms with Crippen LogP contribution in [0.15, 0.2) is 78.9 Å². The number of carbonyl (C=O) groups excluding carboxylic acids is 3. The van der Waals surface area contributed by atoms with Crippen molar-refractivity contribution in [1.29, 1.82) is 0 Å². The summed E-state index contributed by atoms with van der Waals surface area (Å²) in [5.74, 6) is 5.17. The van der Waals surface area contributed by atoms with E-state index in [1.54, 1.807) is 79.9 Å². The van der Waals surface area contributed by atoms with Crippen LogP contribution in [0.5, 0.6) is 0 Å². The molecule has 3 aromatic rings. The summed E-state index contributed by atoms with van der Waals surface area (Å²) >= 11 is 0. The Hall–Kier alpha value is -4.63. The minimum atomic E-state index is -0.418. The van der Waals surface area contributed by atoms with Gasteiger partial charge in [-0.2, -0.15) is 0 Å². The molecule has 0 saturated heterocycles. The molecule has 33 heavy (non-hydrogen) atoms. The fraction of sp³-hybridized carbons (Fsp3) is 0.0741. The number of amides is 2. The summed E-state index contributed by atoms with van der Waals surface area (Å²) in [7, 11) is 2.91. The maximum atomic E-state index is 12.3. The Kier molecular flexibility index (Phi) is 7.76. The summed E-state index contributed by atoms with van der Waals surface area (Å²) in [6, 6.07) is 20.9. The predicted octanol–water partition coefficient (Wildman–Crippen LogP) is 3.88. The first-order chi connectivity index (χ1) is 16.0. The maximum Gasteiger partial charge on any atom is 0.337 e. The summed E-state index contributed by atoms with van der Waals surface area (Å²) in [4.78, 5) is 35.5. The predicted molar refractivity (Wildman–Crippen MR) is 128 cm³/mol. The van der Waals surface area contributed by atoms with Gasteiger partial charge >= 0.3 is 5.97 Å². The van der Waals surface area contributed by atoms with Crippen molar-refractivity contribution in [3.8, 4) is 11.8 Å². The lowest BCUT2D eigenvalue weighted by molar-refractivity contribution is -0.111. The highest BCUT2D eigenvalue weighted by molar-refractivity contribution is 6.02. The fourth-order valence-electron chi connectivity index (χ4n) is 2.91. The van der Waals surface area contributed by atoms with E-state index < -0.39 is 5.97 Å². The standard InChI is InChI=1S/C27H22N2O4/c1-28-26(31)22-14-11-19(12-15-22)13-16-25(30)29-24-8-4-6-21(18-24)10-9-20-5-3-7-23(17-20)27(32)33-2/h3-8,11-18H,1-2H3,(H,28,31)(H,29,30)/b16-13+. The molecule has 6 nitrogen and oxygen atoms in total. The molecule has 3 aromatic carbocycles. The molecule has 6 heteroatoms. The van der Waals surface area contributed by atoms with E-state index in [2.05, 4.69) is 22.5 Å². The zero-order chi connectivity index (χ0) is 23.6. The average molecular weight is 438 g/mol. The normalized spacial score (nSPS) is 10.1. The number of rotatable bonds is 5. The van der Waals surface area contributed by atoms with Crippen LogP contribution in [0.1, 0.15) is 37.4 Å². The summed E-state index contributed by atoms with van der Waals surface area (Å²) in [5.41, 5.74) is 3.78. The van der Waals surface area contributed by atoms with Crippen molar-refractivity contribution in [3.63, 3.8) is 0 Å². The van der Waals surface area contributed by atoms with Gasteiger partial charge in [-0.3, -0.25) is 9.59 Å². The second kappa shape index (κ2) is 11.1. The molecule has 0 atom stereocenters. The Bertz CT molecular complexity index is 1270. The van der Waals surface area contributed by atoms with Crippen LogP contribution in [-0.2, 0) is 9.53 Å². The Labute approximate surface area is 192 Å². The van der Waals surface area contributed by atoms with Crippen molar-refractivity contribution in [2.75, 3.05) is 19.5 Å². The molecule has 0 unspecified atom stereocenters. The Balaban J connectivity index is 1.65. The number of benzene rings is 3. The van der Waals surface area contributed by atoms with Gasteiger partial charge in [0.15, 0.2) is 0 Å². The molecule has 0 spiro atoms. The van der Waals surface area contributed by atoms with Crippen LogP contribution in [0, 0.1) is 11.8 Å². The first kappa shape index (κ1) is 23.0. The van der Waals surface area contributed by atoms with Crippen LogP contribution in [0.2, 0.25) is 0 Å². The van der Waals surface area contributed by atoms with E-state index in [9.17, 15) is 14.4 Å². The van der Waals surface area contributed by atoms with E-state index in [1.165, 1.54) is 13.2 Å². The summed E-state index contributed by atoms with van der Waals surface area (Å²) in [5, 5.41) is 5.36. The van der Waals surface area contributed by atoms with Crippen molar-refractivity contribution in [3.05, 3.63) is 107 Å². The third kappa shape index (κ3) is 6.68. The molecular formula is C27H22N2O4. The number of methoxy groups -OCH3 is 1. The molecule has 0 fully saturated rings. The molecule has 0 aromatic heterocycles. The van der Waals surface area contributed by atoms with Crippen LogP contribution in [0.3, 0.4) is 0 Å². The van der Waals surface area contributed by atoms with Crippen molar-refractivity contribution in [2.45, 2.75) is 0 Å². The highest BCUT2D eigenvalue weighted by atomic mass is 16.5. The van der Waals surface area contributed by atoms with Crippen molar-refractivity contribution >= 4 is 29.5 Å². The molecule has 0 aliphatic heterocycles. The highest BCUT2D eigenvalue weighted by Gasteiger charge is 2.05. The Morgan fingerprint density at radius 1 is 0.848 bits per heavy atom. The van der Waals surface area contributed by atoms with Crippen LogP contribution in [-0.4, -0.2) is 31.9 Å². The van der Waals surface area contributed by atoms with Gasteiger partial charge in [-0.1, -0.05) is 36.1 Å².